The van der Waals surface area contributed by atoms with Crippen molar-refractivity contribution in [2.45, 2.75) is 40.2 Å². The molecule has 2 rings (SSSR count). The highest BCUT2D eigenvalue weighted by molar-refractivity contribution is 5.75. The van der Waals surface area contributed by atoms with Crippen LogP contribution in [0.5, 0.6) is 0 Å². The van der Waals surface area contributed by atoms with Crippen molar-refractivity contribution in [2.24, 2.45) is 0 Å². The summed E-state index contributed by atoms with van der Waals surface area (Å²) in [5.41, 5.74) is 0.930. The third kappa shape index (κ3) is 4.00. The van der Waals surface area contributed by atoms with E-state index in [0.717, 1.165) is 0 Å². The lowest BCUT2D eigenvalue weighted by molar-refractivity contribution is -0.121. The van der Waals surface area contributed by atoms with Crippen LogP contribution >= 0.6 is 0 Å². The van der Waals surface area contributed by atoms with Gasteiger partial charge in [0.15, 0.2) is 5.82 Å². The topological polar surface area (TPSA) is 103 Å². The Hall–Kier alpha value is -2.51. The summed E-state index contributed by atoms with van der Waals surface area (Å²) in [5, 5.41) is 6.53. The lowest BCUT2D eigenvalue weighted by Gasteiger charge is -2.09. The Labute approximate surface area is 127 Å². The minimum absolute atomic E-state index is 0.0512. The SMILES string of the molecule is CCc1nc(CCNC(=O)Cn2c(C)cc(C)nc2=O)no1. The molecular weight excluding hydrogens is 286 g/mol. The highest BCUT2D eigenvalue weighted by Crippen LogP contribution is 1.98. The summed E-state index contributed by atoms with van der Waals surface area (Å²) < 4.78 is 6.32. The van der Waals surface area contributed by atoms with Gasteiger partial charge in [0, 0.05) is 30.8 Å². The lowest BCUT2D eigenvalue weighted by atomic mass is 10.3. The summed E-state index contributed by atoms with van der Waals surface area (Å²) in [5.74, 6) is 0.881. The van der Waals surface area contributed by atoms with Gasteiger partial charge in [0.05, 0.1) is 0 Å². The Morgan fingerprint density at radius 2 is 2.14 bits per heavy atom. The number of hydrogen-bond donors (Lipinski definition) is 1. The van der Waals surface area contributed by atoms with Gasteiger partial charge in [-0.15, -0.1) is 0 Å². The van der Waals surface area contributed by atoms with E-state index in [1.165, 1.54) is 4.57 Å². The lowest BCUT2D eigenvalue weighted by Crippen LogP contribution is -2.35. The van der Waals surface area contributed by atoms with Gasteiger partial charge in [-0.1, -0.05) is 12.1 Å². The largest absolute Gasteiger partial charge is 0.354 e. The number of aromatic nitrogens is 4. The Kier molecular flexibility index (Phi) is 5.03. The Morgan fingerprint density at radius 1 is 1.36 bits per heavy atom. The molecule has 0 bridgehead atoms. The molecule has 0 atom stereocenters. The molecule has 0 aromatic carbocycles. The predicted molar refractivity (Wildman–Crippen MR) is 78.4 cm³/mol. The van der Waals surface area contributed by atoms with E-state index >= 15 is 0 Å². The van der Waals surface area contributed by atoms with E-state index in [4.69, 9.17) is 4.52 Å². The molecule has 1 N–H and O–H groups in total. The average Bonchev–Trinajstić information content (AvgIpc) is 2.91. The summed E-state index contributed by atoms with van der Waals surface area (Å²) in [6, 6.07) is 1.76. The van der Waals surface area contributed by atoms with Crippen LogP contribution in [0.3, 0.4) is 0 Å². The van der Waals surface area contributed by atoms with E-state index in [1.807, 2.05) is 6.92 Å². The van der Waals surface area contributed by atoms with Crippen LogP contribution in [0.4, 0.5) is 0 Å². The standard InChI is InChI=1S/C14H19N5O3/c1-4-13-17-11(18-22-13)5-6-15-12(20)8-19-10(3)7-9(2)16-14(19)21/h7H,4-6,8H2,1-3H3,(H,15,20). The smallest absolute Gasteiger partial charge is 0.348 e. The number of hydrogen-bond acceptors (Lipinski definition) is 6. The van der Waals surface area contributed by atoms with Crippen molar-refractivity contribution in [3.05, 3.63) is 39.7 Å². The molecule has 8 heteroatoms. The number of carbonyl (C=O) groups excluding carboxylic acids is 1. The Morgan fingerprint density at radius 3 is 2.77 bits per heavy atom. The normalized spacial score (nSPS) is 10.7. The van der Waals surface area contributed by atoms with Crippen LogP contribution in [0.2, 0.25) is 0 Å². The first-order valence-electron chi connectivity index (χ1n) is 7.13. The van der Waals surface area contributed by atoms with Gasteiger partial charge < -0.3 is 9.84 Å². The van der Waals surface area contributed by atoms with Crippen LogP contribution in [-0.2, 0) is 24.2 Å². The van der Waals surface area contributed by atoms with Gasteiger partial charge >= 0.3 is 5.69 Å². The van der Waals surface area contributed by atoms with E-state index < -0.39 is 5.69 Å². The van der Waals surface area contributed by atoms with Gasteiger partial charge in [-0.2, -0.15) is 9.97 Å². The second-order valence-corrected chi connectivity index (χ2v) is 4.97. The molecule has 2 aromatic heterocycles. The van der Waals surface area contributed by atoms with E-state index in [9.17, 15) is 9.59 Å². The minimum atomic E-state index is -0.418. The third-order valence-corrected chi connectivity index (χ3v) is 3.13. The molecule has 0 saturated carbocycles. The van der Waals surface area contributed by atoms with Gasteiger partial charge in [-0.3, -0.25) is 9.36 Å². The van der Waals surface area contributed by atoms with Crippen LogP contribution in [0, 0.1) is 13.8 Å². The van der Waals surface area contributed by atoms with Gasteiger partial charge in [0.2, 0.25) is 11.8 Å². The third-order valence-electron chi connectivity index (χ3n) is 3.13. The molecule has 0 aliphatic carbocycles. The molecular formula is C14H19N5O3. The van der Waals surface area contributed by atoms with Crippen LogP contribution in [0.15, 0.2) is 15.4 Å². The number of aryl methyl sites for hydroxylation is 3. The monoisotopic (exact) mass is 305 g/mol. The van der Waals surface area contributed by atoms with Crippen molar-refractivity contribution in [1.82, 2.24) is 25.0 Å². The number of carbonyl (C=O) groups is 1. The molecule has 0 aliphatic rings. The van der Waals surface area contributed by atoms with Crippen LogP contribution in [-0.4, -0.2) is 32.1 Å². The first kappa shape index (κ1) is 15.9. The van der Waals surface area contributed by atoms with Crippen molar-refractivity contribution in [2.75, 3.05) is 6.54 Å². The molecule has 0 aliphatic heterocycles. The maximum absolute atomic E-state index is 11.9. The molecule has 0 unspecified atom stereocenters. The average molecular weight is 305 g/mol. The second-order valence-electron chi connectivity index (χ2n) is 4.97. The summed E-state index contributed by atoms with van der Waals surface area (Å²) in [6.45, 7) is 5.77. The summed E-state index contributed by atoms with van der Waals surface area (Å²) in [7, 11) is 0. The van der Waals surface area contributed by atoms with Gasteiger partial charge in [0.1, 0.15) is 6.54 Å². The van der Waals surface area contributed by atoms with Crippen molar-refractivity contribution < 1.29 is 9.32 Å². The summed E-state index contributed by atoms with van der Waals surface area (Å²) in [6.07, 6.45) is 1.16. The zero-order valence-electron chi connectivity index (χ0n) is 12.9. The fraction of sp³-hybridized carbons (Fsp3) is 0.500. The molecule has 0 saturated heterocycles. The zero-order valence-corrected chi connectivity index (χ0v) is 12.9. The second kappa shape index (κ2) is 6.97. The number of nitrogens with one attached hydrogen (secondary N) is 1. The summed E-state index contributed by atoms with van der Waals surface area (Å²) >= 11 is 0. The molecule has 2 aromatic rings. The highest BCUT2D eigenvalue weighted by atomic mass is 16.5. The van der Waals surface area contributed by atoms with Crippen LogP contribution in [0.25, 0.3) is 0 Å². The highest BCUT2D eigenvalue weighted by Gasteiger charge is 2.09. The zero-order chi connectivity index (χ0) is 16.1. The minimum Gasteiger partial charge on any atom is -0.354 e. The van der Waals surface area contributed by atoms with Crippen molar-refractivity contribution in [3.63, 3.8) is 0 Å². The van der Waals surface area contributed by atoms with Gasteiger partial charge in [-0.05, 0) is 19.9 Å². The van der Waals surface area contributed by atoms with Crippen LogP contribution < -0.4 is 11.0 Å². The fourth-order valence-corrected chi connectivity index (χ4v) is 2.02. The molecule has 2 heterocycles. The van der Waals surface area contributed by atoms with E-state index in [1.54, 1.807) is 19.9 Å². The fourth-order valence-electron chi connectivity index (χ4n) is 2.02. The number of nitrogens with zero attached hydrogens (tertiary/aromatic N) is 4. The summed E-state index contributed by atoms with van der Waals surface area (Å²) in [4.78, 5) is 31.6. The first-order chi connectivity index (χ1) is 10.5. The maximum atomic E-state index is 11.9. The molecule has 22 heavy (non-hydrogen) atoms. The number of rotatable bonds is 6. The molecule has 118 valence electrons. The van der Waals surface area contributed by atoms with E-state index in [0.29, 0.717) is 42.5 Å². The number of amides is 1. The van der Waals surface area contributed by atoms with Crippen molar-refractivity contribution >= 4 is 5.91 Å². The van der Waals surface area contributed by atoms with Crippen LogP contribution in [0.1, 0.15) is 30.0 Å². The molecule has 8 nitrogen and oxygen atoms in total. The first-order valence-corrected chi connectivity index (χ1v) is 7.13. The van der Waals surface area contributed by atoms with E-state index in [-0.39, 0.29) is 12.5 Å². The molecule has 0 fully saturated rings. The molecule has 0 radical (unpaired) electrons. The van der Waals surface area contributed by atoms with Crippen molar-refractivity contribution in [3.8, 4) is 0 Å². The maximum Gasteiger partial charge on any atom is 0.348 e. The van der Waals surface area contributed by atoms with Crippen molar-refractivity contribution in [1.29, 1.82) is 0 Å². The molecule has 0 spiro atoms. The predicted octanol–water partition coefficient (Wildman–Crippen LogP) is 0.164. The van der Waals surface area contributed by atoms with E-state index in [2.05, 4.69) is 20.4 Å². The van der Waals surface area contributed by atoms with Gasteiger partial charge in [0.25, 0.3) is 0 Å². The van der Waals surface area contributed by atoms with Gasteiger partial charge in [-0.25, -0.2) is 4.79 Å². The molecule has 1 amide bonds. The quantitative estimate of drug-likeness (QED) is 0.815. The Balaban J connectivity index is 1.87. The Bertz CT molecular complexity index is 720.